The Balaban J connectivity index is 1.86. The molecule has 142 valence electrons. The van der Waals surface area contributed by atoms with Crippen LogP contribution >= 0.6 is 11.6 Å². The molecule has 4 rings (SSSR count). The van der Waals surface area contributed by atoms with Crippen molar-refractivity contribution in [2.24, 2.45) is 0 Å². The number of amides is 1. The minimum atomic E-state index is -0.628. The number of hydrogen-bond acceptors (Lipinski definition) is 4. The van der Waals surface area contributed by atoms with Crippen LogP contribution in [-0.2, 0) is 4.79 Å². The second kappa shape index (κ2) is 7.09. The van der Waals surface area contributed by atoms with Crippen LogP contribution in [0.3, 0.4) is 0 Å². The summed E-state index contributed by atoms with van der Waals surface area (Å²) in [5, 5.41) is 10.4. The number of allylic oxidation sites excluding steroid dienone is 1. The zero-order valence-corrected chi connectivity index (χ0v) is 16.0. The molecule has 0 saturated heterocycles. The lowest BCUT2D eigenvalue weighted by Crippen LogP contribution is -2.21. The van der Waals surface area contributed by atoms with Crippen LogP contribution in [0.1, 0.15) is 29.7 Å². The average molecular weight is 398 g/mol. The summed E-state index contributed by atoms with van der Waals surface area (Å²) in [6.45, 7) is 3.37. The maximum Gasteiger partial charge on any atom is 0.250 e. The normalized spacial score (nSPS) is 15.4. The van der Waals surface area contributed by atoms with Crippen LogP contribution in [0, 0.1) is 12.7 Å². The predicted molar refractivity (Wildman–Crippen MR) is 107 cm³/mol. The van der Waals surface area contributed by atoms with Crippen LogP contribution in [0.5, 0.6) is 0 Å². The molecule has 1 aliphatic heterocycles. The monoisotopic (exact) mass is 397 g/mol. The molecule has 6 nitrogen and oxygen atoms in total. The highest BCUT2D eigenvalue weighted by atomic mass is 35.5. The number of benzene rings is 2. The molecule has 2 N–H and O–H groups in total. The van der Waals surface area contributed by atoms with E-state index in [-0.39, 0.29) is 22.4 Å². The average Bonchev–Trinajstić information content (AvgIpc) is 3.03. The molecule has 0 fully saturated rings. The van der Waals surface area contributed by atoms with Gasteiger partial charge in [-0.15, -0.1) is 5.10 Å². The molecule has 1 aromatic heterocycles. The van der Waals surface area contributed by atoms with E-state index in [2.05, 4.69) is 20.7 Å². The van der Waals surface area contributed by atoms with Crippen molar-refractivity contribution in [1.82, 2.24) is 14.8 Å². The summed E-state index contributed by atoms with van der Waals surface area (Å²) in [5.41, 5.74) is 3.08. The molecular formula is C20H17ClFN5O. The molecule has 1 amide bonds. The Morgan fingerprint density at radius 2 is 2.00 bits per heavy atom. The largest absolute Gasteiger partial charge is 0.324 e. The third-order valence-electron chi connectivity index (χ3n) is 4.41. The Morgan fingerprint density at radius 1 is 1.25 bits per heavy atom. The van der Waals surface area contributed by atoms with Crippen molar-refractivity contribution >= 4 is 35.1 Å². The number of fused-ring (bicyclic) bond motifs is 1. The van der Waals surface area contributed by atoms with E-state index in [1.165, 1.54) is 17.7 Å². The minimum Gasteiger partial charge on any atom is -0.324 e. The number of aromatic nitrogens is 3. The Labute approximate surface area is 166 Å². The molecule has 3 aromatic rings. The van der Waals surface area contributed by atoms with Crippen molar-refractivity contribution in [3.8, 4) is 0 Å². The Kier molecular flexibility index (Phi) is 4.60. The van der Waals surface area contributed by atoms with Gasteiger partial charge >= 0.3 is 0 Å². The van der Waals surface area contributed by atoms with Gasteiger partial charge in [0.2, 0.25) is 11.9 Å². The summed E-state index contributed by atoms with van der Waals surface area (Å²) < 4.78 is 16.2. The van der Waals surface area contributed by atoms with Gasteiger partial charge in [0.25, 0.3) is 5.95 Å². The van der Waals surface area contributed by atoms with E-state index in [1.54, 1.807) is 12.1 Å². The van der Waals surface area contributed by atoms with Crippen molar-refractivity contribution in [3.05, 3.63) is 76.1 Å². The molecule has 0 radical (unpaired) electrons. The molecule has 1 aliphatic rings. The van der Waals surface area contributed by atoms with Crippen molar-refractivity contribution in [3.63, 3.8) is 0 Å². The number of aryl methyl sites for hydroxylation is 1. The molecule has 0 saturated carbocycles. The standard InChI is InChI=1S/C20H17ClFN5O/c1-11-6-8-13(9-7-11)16-10-17(18-14(21)4-3-5-15(18)22)27-20(24-16)25-19(26-27)23-12(2)28/h3-10,17H,1-2H3,(H2,23,24,25,26,28)/t17-/m1/s1. The van der Waals surface area contributed by atoms with Crippen molar-refractivity contribution < 1.29 is 9.18 Å². The number of halogens is 2. The van der Waals surface area contributed by atoms with Crippen LogP contribution in [0.15, 0.2) is 48.5 Å². The number of hydrogen-bond donors (Lipinski definition) is 2. The number of anilines is 2. The zero-order valence-electron chi connectivity index (χ0n) is 15.2. The van der Waals surface area contributed by atoms with E-state index in [0.717, 1.165) is 16.8 Å². The topological polar surface area (TPSA) is 71.8 Å². The summed E-state index contributed by atoms with van der Waals surface area (Å²) in [7, 11) is 0. The minimum absolute atomic E-state index is 0.131. The predicted octanol–water partition coefficient (Wildman–Crippen LogP) is 4.39. The van der Waals surface area contributed by atoms with E-state index in [1.807, 2.05) is 37.3 Å². The van der Waals surface area contributed by atoms with E-state index in [4.69, 9.17) is 11.6 Å². The van der Waals surface area contributed by atoms with E-state index in [0.29, 0.717) is 5.95 Å². The first-order valence-corrected chi connectivity index (χ1v) is 9.04. The van der Waals surface area contributed by atoms with E-state index < -0.39 is 11.9 Å². The lowest BCUT2D eigenvalue weighted by Gasteiger charge is -2.25. The Morgan fingerprint density at radius 3 is 2.68 bits per heavy atom. The van der Waals surface area contributed by atoms with Gasteiger partial charge in [-0.25, -0.2) is 9.07 Å². The number of carbonyl (C=O) groups is 1. The maximum atomic E-state index is 14.7. The number of carbonyl (C=O) groups excluding carboxylic acids is 1. The van der Waals surface area contributed by atoms with Crippen LogP contribution in [-0.4, -0.2) is 20.7 Å². The summed E-state index contributed by atoms with van der Waals surface area (Å²) in [6, 6.07) is 11.8. The fourth-order valence-corrected chi connectivity index (χ4v) is 3.38. The lowest BCUT2D eigenvalue weighted by atomic mass is 10.0. The van der Waals surface area contributed by atoms with Gasteiger partial charge in [-0.1, -0.05) is 47.5 Å². The second-order valence-corrected chi connectivity index (χ2v) is 6.94. The molecular weight excluding hydrogens is 381 g/mol. The molecule has 0 bridgehead atoms. The lowest BCUT2D eigenvalue weighted by molar-refractivity contribution is -0.114. The summed E-state index contributed by atoms with van der Waals surface area (Å²) in [6.07, 6.45) is 1.84. The highest BCUT2D eigenvalue weighted by molar-refractivity contribution is 6.31. The summed E-state index contributed by atoms with van der Waals surface area (Å²) in [4.78, 5) is 15.7. The van der Waals surface area contributed by atoms with Gasteiger partial charge in [-0.2, -0.15) is 4.98 Å². The SMILES string of the molecule is CC(=O)Nc1nc2n(n1)[C@@H](c1c(F)cccc1Cl)C=C(c1ccc(C)cc1)N2. The van der Waals surface area contributed by atoms with Crippen LogP contribution in [0.25, 0.3) is 5.70 Å². The first-order chi connectivity index (χ1) is 13.4. The zero-order chi connectivity index (χ0) is 19.8. The van der Waals surface area contributed by atoms with E-state index >= 15 is 0 Å². The molecule has 0 aliphatic carbocycles. The van der Waals surface area contributed by atoms with Gasteiger partial charge < -0.3 is 5.32 Å². The third-order valence-corrected chi connectivity index (χ3v) is 4.74. The molecule has 2 heterocycles. The molecule has 0 unspecified atom stereocenters. The first kappa shape index (κ1) is 18.2. The summed E-state index contributed by atoms with van der Waals surface area (Å²) >= 11 is 6.31. The molecule has 28 heavy (non-hydrogen) atoms. The van der Waals surface area contributed by atoms with Gasteiger partial charge in [-0.3, -0.25) is 10.1 Å². The van der Waals surface area contributed by atoms with Gasteiger partial charge in [-0.05, 0) is 30.7 Å². The molecule has 1 atom stereocenters. The Bertz CT molecular complexity index is 1070. The number of nitrogens with one attached hydrogen (secondary N) is 2. The Hall–Kier alpha value is -3.19. The van der Waals surface area contributed by atoms with Crippen LogP contribution in [0.4, 0.5) is 16.3 Å². The fraction of sp³-hybridized carbons (Fsp3) is 0.150. The van der Waals surface area contributed by atoms with Gasteiger partial charge in [0, 0.05) is 23.2 Å². The van der Waals surface area contributed by atoms with E-state index in [9.17, 15) is 9.18 Å². The number of nitrogens with zero attached hydrogens (tertiary/aromatic N) is 3. The van der Waals surface area contributed by atoms with Gasteiger partial charge in [0.1, 0.15) is 11.9 Å². The highest BCUT2D eigenvalue weighted by Gasteiger charge is 2.29. The van der Waals surface area contributed by atoms with Crippen molar-refractivity contribution in [2.45, 2.75) is 19.9 Å². The fourth-order valence-electron chi connectivity index (χ4n) is 3.10. The first-order valence-electron chi connectivity index (χ1n) is 8.66. The summed E-state index contributed by atoms with van der Waals surface area (Å²) in [5.74, 6) is -0.228. The molecule has 0 spiro atoms. The second-order valence-electron chi connectivity index (χ2n) is 6.54. The van der Waals surface area contributed by atoms with Crippen LogP contribution < -0.4 is 10.6 Å². The smallest absolute Gasteiger partial charge is 0.250 e. The van der Waals surface area contributed by atoms with Crippen molar-refractivity contribution in [2.75, 3.05) is 10.6 Å². The third kappa shape index (κ3) is 3.36. The van der Waals surface area contributed by atoms with Crippen LogP contribution in [0.2, 0.25) is 5.02 Å². The van der Waals surface area contributed by atoms with Gasteiger partial charge in [0.15, 0.2) is 0 Å². The quantitative estimate of drug-likeness (QED) is 0.687. The highest BCUT2D eigenvalue weighted by Crippen LogP contribution is 2.37. The van der Waals surface area contributed by atoms with Gasteiger partial charge in [0.05, 0.1) is 0 Å². The molecule has 8 heteroatoms. The number of rotatable bonds is 3. The molecule has 2 aromatic carbocycles. The maximum absolute atomic E-state index is 14.7. The van der Waals surface area contributed by atoms with Crippen molar-refractivity contribution in [1.29, 1.82) is 0 Å².